The number of ketones is 1. The van der Waals surface area contributed by atoms with Crippen molar-refractivity contribution in [3.8, 4) is 0 Å². The van der Waals surface area contributed by atoms with Gasteiger partial charge in [0.1, 0.15) is 6.61 Å². The lowest BCUT2D eigenvalue weighted by molar-refractivity contribution is -0.138. The molecule has 4 N–H and O–H groups in total. The molecule has 1 unspecified atom stereocenters. The Kier molecular flexibility index (Phi) is 9.89. The molecule has 1 aromatic carbocycles. The van der Waals surface area contributed by atoms with Crippen LogP contribution in [0.5, 0.6) is 0 Å². The van der Waals surface area contributed by atoms with Crippen LogP contribution in [0.4, 0.5) is 0 Å². The lowest BCUT2D eigenvalue weighted by atomic mass is 9.80. The summed E-state index contributed by atoms with van der Waals surface area (Å²) < 4.78 is 10.7. The number of hydrogen-bond donors (Lipinski definition) is 3. The number of nitrogens with one attached hydrogen (secondary N) is 1. The van der Waals surface area contributed by atoms with Crippen LogP contribution in [0.25, 0.3) is 0 Å². The van der Waals surface area contributed by atoms with E-state index in [9.17, 15) is 14.7 Å². The van der Waals surface area contributed by atoms with Gasteiger partial charge in [0, 0.05) is 29.3 Å². The van der Waals surface area contributed by atoms with Crippen molar-refractivity contribution >= 4 is 23.4 Å². The number of nitrogens with two attached hydrogens (primary N) is 1. The molecule has 154 valence electrons. The third-order valence-electron chi connectivity index (χ3n) is 4.01. The highest BCUT2D eigenvalue weighted by Gasteiger charge is 2.36. The first-order chi connectivity index (χ1) is 13.0. The Balaban J connectivity index is 0.00000392. The summed E-state index contributed by atoms with van der Waals surface area (Å²) in [7, 11) is 0. The molecule has 7 nitrogen and oxygen atoms in total. The van der Waals surface area contributed by atoms with Crippen LogP contribution in [-0.2, 0) is 19.1 Å². The summed E-state index contributed by atoms with van der Waals surface area (Å²) in [5, 5.41) is 12.7. The van der Waals surface area contributed by atoms with E-state index in [1.54, 1.807) is 31.2 Å². The molecule has 0 radical (unpaired) electrons. The molecule has 1 aliphatic rings. The summed E-state index contributed by atoms with van der Waals surface area (Å²) in [6.07, 6.45) is 1.47. The monoisotopic (exact) mass is 410 g/mol. The van der Waals surface area contributed by atoms with Crippen LogP contribution < -0.4 is 11.1 Å². The lowest BCUT2D eigenvalue weighted by Crippen LogP contribution is -2.32. The van der Waals surface area contributed by atoms with Crippen molar-refractivity contribution < 1.29 is 24.2 Å². The predicted molar refractivity (Wildman–Crippen MR) is 108 cm³/mol. The maximum absolute atomic E-state index is 12.7. The van der Waals surface area contributed by atoms with Crippen LogP contribution in [0.3, 0.4) is 0 Å². The van der Waals surface area contributed by atoms with Crippen LogP contribution in [-0.4, -0.2) is 49.8 Å². The number of halogens is 1. The van der Waals surface area contributed by atoms with Gasteiger partial charge in [-0.15, -0.1) is 0 Å². The van der Waals surface area contributed by atoms with Gasteiger partial charge in [-0.3, -0.25) is 4.79 Å². The number of aliphatic hydroxyl groups is 1. The van der Waals surface area contributed by atoms with Gasteiger partial charge in [0.05, 0.1) is 31.1 Å². The van der Waals surface area contributed by atoms with E-state index in [-0.39, 0.29) is 31.8 Å². The quantitative estimate of drug-likeness (QED) is 0.421. The Morgan fingerprint density at radius 3 is 2.64 bits per heavy atom. The molecule has 1 atom stereocenters. The van der Waals surface area contributed by atoms with Crippen LogP contribution in [0, 0.1) is 0 Å². The minimum atomic E-state index is -0.782. The highest BCUT2D eigenvalue weighted by Crippen LogP contribution is 2.39. The number of Topliss-reactive ketones (excluding diaryl/α,β-unsaturated/α-hetero) is 1. The van der Waals surface area contributed by atoms with Crippen molar-refractivity contribution in [2.24, 2.45) is 5.73 Å². The number of ether oxygens (including phenoxy) is 2. The Hall–Kier alpha value is -2.19. The molecule has 1 aliphatic heterocycles. The highest BCUT2D eigenvalue weighted by molar-refractivity contribution is 6.31. The zero-order valence-electron chi connectivity index (χ0n) is 15.0. The van der Waals surface area contributed by atoms with Crippen molar-refractivity contribution in [3.63, 3.8) is 0 Å². The third-order valence-corrected chi connectivity index (χ3v) is 4.36. The van der Waals surface area contributed by atoms with Gasteiger partial charge in [-0.1, -0.05) is 37.2 Å². The minimum Gasteiger partial charge on any atom is -0.463 e. The molecule has 1 heterocycles. The molecule has 0 aliphatic carbocycles. The van der Waals surface area contributed by atoms with Crippen molar-refractivity contribution in [2.75, 3.05) is 33.0 Å². The second kappa shape index (κ2) is 11.6. The van der Waals surface area contributed by atoms with E-state index in [1.165, 1.54) is 6.20 Å². The van der Waals surface area contributed by atoms with E-state index in [1.807, 2.05) is 0 Å². The van der Waals surface area contributed by atoms with Crippen molar-refractivity contribution in [1.82, 2.24) is 5.32 Å². The van der Waals surface area contributed by atoms with Crippen molar-refractivity contribution in [1.29, 1.82) is 0 Å². The van der Waals surface area contributed by atoms with Crippen molar-refractivity contribution in [3.05, 3.63) is 57.9 Å². The maximum atomic E-state index is 12.7. The predicted octanol–water partition coefficient (Wildman–Crippen LogP) is 1.90. The summed E-state index contributed by atoms with van der Waals surface area (Å²) in [5.41, 5.74) is 6.91. The number of dihydropyridines is 1. The molecule has 2 rings (SSSR count). The molecule has 0 fully saturated rings. The Bertz CT molecular complexity index is 761. The molecular formula is C20H27ClN2O5. The van der Waals surface area contributed by atoms with Gasteiger partial charge in [-0.05, 0) is 18.6 Å². The normalized spacial score (nSPS) is 16.0. The second-order valence-corrected chi connectivity index (χ2v) is 6.14. The standard InChI is InChI=1S/C19H23ClN2O5.CH4/c1-2-27-19(25)18-15(11-26-8-7-21)22-9-13(16(24)10-23)17(18)12-5-3-4-6-14(12)20;/h3-6,9,17,22-23H,2,7-8,10-11,21H2,1H3;1H4. The van der Waals surface area contributed by atoms with Crippen LogP contribution >= 0.6 is 11.6 Å². The zero-order chi connectivity index (χ0) is 19.8. The summed E-state index contributed by atoms with van der Waals surface area (Å²) in [5.74, 6) is -1.89. The van der Waals surface area contributed by atoms with E-state index < -0.39 is 24.3 Å². The largest absolute Gasteiger partial charge is 0.463 e. The number of hydrogen-bond acceptors (Lipinski definition) is 7. The molecule has 0 spiro atoms. The summed E-state index contributed by atoms with van der Waals surface area (Å²) in [4.78, 5) is 25.1. The SMILES string of the molecule is C.CCOC(=O)C1=C(COCCN)NC=C(C(=O)CO)C1c1ccccc1Cl. The molecule has 1 aromatic rings. The van der Waals surface area contributed by atoms with E-state index >= 15 is 0 Å². The van der Waals surface area contributed by atoms with Crippen LogP contribution in [0.2, 0.25) is 5.02 Å². The molecule has 8 heteroatoms. The summed E-state index contributed by atoms with van der Waals surface area (Å²) in [6.45, 7) is 1.90. The summed E-state index contributed by atoms with van der Waals surface area (Å²) in [6, 6.07) is 6.92. The molecular weight excluding hydrogens is 384 g/mol. The minimum absolute atomic E-state index is 0. The molecule has 0 saturated heterocycles. The smallest absolute Gasteiger partial charge is 0.336 e. The number of esters is 1. The third kappa shape index (κ3) is 5.42. The van der Waals surface area contributed by atoms with Crippen LogP contribution in [0.15, 0.2) is 47.3 Å². The maximum Gasteiger partial charge on any atom is 0.336 e. The first-order valence-corrected chi connectivity index (χ1v) is 8.95. The van der Waals surface area contributed by atoms with E-state index in [4.69, 9.17) is 26.8 Å². The van der Waals surface area contributed by atoms with Gasteiger partial charge >= 0.3 is 5.97 Å². The number of carbonyl (C=O) groups is 2. The van der Waals surface area contributed by atoms with E-state index in [2.05, 4.69) is 5.32 Å². The highest BCUT2D eigenvalue weighted by atomic mass is 35.5. The molecule has 28 heavy (non-hydrogen) atoms. The Labute approximate surface area is 170 Å². The summed E-state index contributed by atoms with van der Waals surface area (Å²) >= 11 is 6.35. The second-order valence-electron chi connectivity index (χ2n) is 5.73. The van der Waals surface area contributed by atoms with E-state index in [0.717, 1.165) is 0 Å². The zero-order valence-corrected chi connectivity index (χ0v) is 15.8. The van der Waals surface area contributed by atoms with E-state index in [0.29, 0.717) is 29.4 Å². The first-order valence-electron chi connectivity index (χ1n) is 8.58. The van der Waals surface area contributed by atoms with Gasteiger partial charge < -0.3 is 25.6 Å². The van der Waals surface area contributed by atoms with Gasteiger partial charge in [-0.25, -0.2) is 4.79 Å². The fourth-order valence-corrected chi connectivity index (χ4v) is 3.09. The topological polar surface area (TPSA) is 111 Å². The molecule has 0 amide bonds. The fraction of sp³-hybridized carbons (Fsp3) is 0.400. The average molecular weight is 411 g/mol. The fourth-order valence-electron chi connectivity index (χ4n) is 2.85. The Morgan fingerprint density at radius 1 is 1.32 bits per heavy atom. The number of benzene rings is 1. The Morgan fingerprint density at radius 2 is 2.04 bits per heavy atom. The molecule has 0 saturated carbocycles. The van der Waals surface area contributed by atoms with Gasteiger partial charge in [0.15, 0.2) is 5.78 Å². The number of carbonyl (C=O) groups excluding carboxylic acids is 2. The van der Waals surface area contributed by atoms with Crippen LogP contribution in [0.1, 0.15) is 25.8 Å². The first kappa shape index (κ1) is 23.8. The average Bonchev–Trinajstić information content (AvgIpc) is 2.67. The molecule has 0 aromatic heterocycles. The number of rotatable bonds is 9. The lowest BCUT2D eigenvalue weighted by Gasteiger charge is -2.29. The van der Waals surface area contributed by atoms with Gasteiger partial charge in [0.2, 0.25) is 0 Å². The molecule has 0 bridgehead atoms. The number of aliphatic hydroxyl groups excluding tert-OH is 1. The van der Waals surface area contributed by atoms with Gasteiger partial charge in [-0.2, -0.15) is 0 Å². The van der Waals surface area contributed by atoms with Crippen molar-refractivity contribution in [2.45, 2.75) is 20.3 Å². The van der Waals surface area contributed by atoms with Gasteiger partial charge in [0.25, 0.3) is 0 Å².